The van der Waals surface area contributed by atoms with Crippen molar-refractivity contribution in [2.24, 2.45) is 0 Å². The minimum absolute atomic E-state index is 0.0758. The highest BCUT2D eigenvalue weighted by molar-refractivity contribution is 5.47. The summed E-state index contributed by atoms with van der Waals surface area (Å²) in [5.74, 6) is 0. The zero-order chi connectivity index (χ0) is 18.4. The fraction of sp³-hybridized carbons (Fsp3) is 0.250. The Balaban J connectivity index is 1.71. The fourth-order valence-corrected chi connectivity index (χ4v) is 3.49. The van der Waals surface area contributed by atoms with E-state index in [1.165, 1.54) is 0 Å². The van der Waals surface area contributed by atoms with Crippen molar-refractivity contribution in [1.29, 1.82) is 0 Å². The van der Waals surface area contributed by atoms with Gasteiger partial charge in [0.1, 0.15) is 5.60 Å². The Bertz CT molecular complexity index is 717. The van der Waals surface area contributed by atoms with Crippen molar-refractivity contribution in [1.82, 2.24) is 0 Å². The normalized spacial score (nSPS) is 16.7. The predicted octanol–water partition coefficient (Wildman–Crippen LogP) is 4.76. The highest BCUT2D eigenvalue weighted by Gasteiger charge is 2.37. The summed E-state index contributed by atoms with van der Waals surface area (Å²) in [4.78, 5) is 0. The second-order valence-electron chi connectivity index (χ2n) is 6.59. The molecule has 0 aliphatic carbocycles. The van der Waals surface area contributed by atoms with Gasteiger partial charge in [0.15, 0.2) is 6.29 Å². The Hall–Kier alpha value is -2.46. The van der Waals surface area contributed by atoms with Crippen LogP contribution >= 0.6 is 0 Å². The van der Waals surface area contributed by atoms with Gasteiger partial charge in [0.25, 0.3) is 0 Å². The lowest BCUT2D eigenvalue weighted by Crippen LogP contribution is -2.35. The van der Waals surface area contributed by atoms with E-state index in [1.807, 2.05) is 18.2 Å². The van der Waals surface area contributed by atoms with Crippen LogP contribution in [0.15, 0.2) is 91.0 Å². The lowest BCUT2D eigenvalue weighted by atomic mass is 9.80. The number of benzene rings is 3. The number of ether oxygens (including phenoxy) is 3. The van der Waals surface area contributed by atoms with Gasteiger partial charge in [0.05, 0.1) is 19.8 Å². The Labute approximate surface area is 160 Å². The molecule has 1 heterocycles. The van der Waals surface area contributed by atoms with E-state index in [0.29, 0.717) is 13.2 Å². The first kappa shape index (κ1) is 17.9. The zero-order valence-electron chi connectivity index (χ0n) is 15.3. The van der Waals surface area contributed by atoms with Gasteiger partial charge >= 0.3 is 0 Å². The van der Waals surface area contributed by atoms with Gasteiger partial charge in [0, 0.05) is 6.42 Å². The van der Waals surface area contributed by atoms with E-state index in [0.717, 1.165) is 29.7 Å². The van der Waals surface area contributed by atoms with Crippen LogP contribution in [0.4, 0.5) is 0 Å². The van der Waals surface area contributed by atoms with Crippen molar-refractivity contribution < 1.29 is 14.2 Å². The molecule has 3 heteroatoms. The lowest BCUT2D eigenvalue weighted by molar-refractivity contribution is -0.221. The van der Waals surface area contributed by atoms with E-state index >= 15 is 0 Å². The predicted molar refractivity (Wildman–Crippen MR) is 105 cm³/mol. The fourth-order valence-electron chi connectivity index (χ4n) is 3.49. The molecular weight excluding hydrogens is 336 g/mol. The molecule has 0 spiro atoms. The van der Waals surface area contributed by atoms with Crippen molar-refractivity contribution in [3.63, 3.8) is 0 Å². The first-order valence-corrected chi connectivity index (χ1v) is 9.43. The Morgan fingerprint density at radius 3 is 1.52 bits per heavy atom. The summed E-state index contributed by atoms with van der Waals surface area (Å²) in [5, 5.41) is 0. The van der Waals surface area contributed by atoms with E-state index < -0.39 is 5.60 Å². The van der Waals surface area contributed by atoms with Gasteiger partial charge in [-0.05, 0) is 16.7 Å². The standard InChI is InChI=1S/C24H24O3/c1-4-10-20(11-5-1)24(21-12-6-2-7-13-21,22-14-8-3-9-15-22)27-19-18-26-23-16-17-25-23/h1-15,23H,16-19H2/t23-/m1/s1. The molecule has 3 aromatic carbocycles. The molecule has 0 N–H and O–H groups in total. The summed E-state index contributed by atoms with van der Waals surface area (Å²) in [6.45, 7) is 1.75. The van der Waals surface area contributed by atoms with Crippen molar-refractivity contribution in [3.8, 4) is 0 Å². The van der Waals surface area contributed by atoms with Crippen LogP contribution in [0.1, 0.15) is 23.1 Å². The van der Waals surface area contributed by atoms with Gasteiger partial charge < -0.3 is 14.2 Å². The molecule has 27 heavy (non-hydrogen) atoms. The van der Waals surface area contributed by atoms with Crippen LogP contribution in [-0.2, 0) is 19.8 Å². The smallest absolute Gasteiger partial charge is 0.159 e. The Kier molecular flexibility index (Phi) is 5.64. The van der Waals surface area contributed by atoms with E-state index in [9.17, 15) is 0 Å². The number of rotatable bonds is 8. The molecule has 3 aromatic rings. The summed E-state index contributed by atoms with van der Waals surface area (Å²) in [5.41, 5.74) is 2.61. The second kappa shape index (κ2) is 8.49. The van der Waals surface area contributed by atoms with Crippen molar-refractivity contribution in [2.75, 3.05) is 19.8 Å². The molecular formula is C24H24O3. The van der Waals surface area contributed by atoms with Crippen molar-refractivity contribution in [2.45, 2.75) is 18.3 Å². The van der Waals surface area contributed by atoms with Crippen LogP contribution in [0.5, 0.6) is 0 Å². The third-order valence-electron chi connectivity index (χ3n) is 4.90. The van der Waals surface area contributed by atoms with Crippen LogP contribution in [0.2, 0.25) is 0 Å². The number of hydrogen-bond donors (Lipinski definition) is 0. The van der Waals surface area contributed by atoms with Gasteiger partial charge in [0.2, 0.25) is 0 Å². The molecule has 138 valence electrons. The molecule has 0 aromatic heterocycles. The molecule has 0 saturated carbocycles. The molecule has 1 aliphatic heterocycles. The minimum Gasteiger partial charge on any atom is -0.358 e. The van der Waals surface area contributed by atoms with E-state index in [4.69, 9.17) is 14.2 Å². The summed E-state index contributed by atoms with van der Waals surface area (Å²) in [6.07, 6.45) is 0.884. The van der Waals surface area contributed by atoms with Gasteiger partial charge in [-0.15, -0.1) is 0 Å². The van der Waals surface area contributed by atoms with Crippen molar-refractivity contribution in [3.05, 3.63) is 108 Å². The third-order valence-corrected chi connectivity index (χ3v) is 4.90. The number of hydrogen-bond acceptors (Lipinski definition) is 3. The van der Waals surface area contributed by atoms with Crippen LogP contribution in [-0.4, -0.2) is 26.1 Å². The minimum atomic E-state index is -0.687. The maximum Gasteiger partial charge on any atom is 0.159 e. The largest absolute Gasteiger partial charge is 0.358 e. The maximum atomic E-state index is 6.63. The van der Waals surface area contributed by atoms with Gasteiger partial charge in [-0.3, -0.25) is 0 Å². The summed E-state index contributed by atoms with van der Waals surface area (Å²) < 4.78 is 17.7. The third kappa shape index (κ3) is 3.81. The molecule has 0 bridgehead atoms. The van der Waals surface area contributed by atoms with Crippen LogP contribution in [0.25, 0.3) is 0 Å². The summed E-state index contributed by atoms with van der Waals surface area (Å²) >= 11 is 0. The molecule has 0 unspecified atom stereocenters. The Morgan fingerprint density at radius 1 is 0.704 bits per heavy atom. The molecule has 3 nitrogen and oxygen atoms in total. The average molecular weight is 360 g/mol. The van der Waals surface area contributed by atoms with Gasteiger partial charge in [-0.2, -0.15) is 0 Å². The molecule has 0 amide bonds. The monoisotopic (exact) mass is 360 g/mol. The summed E-state index contributed by atoms with van der Waals surface area (Å²) in [7, 11) is 0. The first-order chi connectivity index (χ1) is 13.4. The summed E-state index contributed by atoms with van der Waals surface area (Å²) in [6, 6.07) is 31.1. The average Bonchev–Trinajstić information content (AvgIpc) is 2.71. The highest BCUT2D eigenvalue weighted by Crippen LogP contribution is 2.40. The van der Waals surface area contributed by atoms with Gasteiger partial charge in [-0.1, -0.05) is 91.0 Å². The molecule has 1 atom stereocenters. The quantitative estimate of drug-likeness (QED) is 0.428. The van der Waals surface area contributed by atoms with Crippen LogP contribution in [0, 0.1) is 0 Å². The SMILES string of the molecule is c1ccc(C(OCCO[C@@H]2CCO2)(c2ccccc2)c2ccccc2)cc1. The first-order valence-electron chi connectivity index (χ1n) is 9.43. The molecule has 1 saturated heterocycles. The molecule has 0 radical (unpaired) electrons. The zero-order valence-corrected chi connectivity index (χ0v) is 15.3. The molecule has 1 fully saturated rings. The Morgan fingerprint density at radius 2 is 1.15 bits per heavy atom. The van der Waals surface area contributed by atoms with Crippen LogP contribution < -0.4 is 0 Å². The molecule has 1 aliphatic rings. The highest BCUT2D eigenvalue weighted by atomic mass is 16.7. The second-order valence-corrected chi connectivity index (χ2v) is 6.59. The molecule has 4 rings (SSSR count). The lowest BCUT2D eigenvalue weighted by Gasteiger charge is -2.36. The van der Waals surface area contributed by atoms with E-state index in [1.54, 1.807) is 0 Å². The van der Waals surface area contributed by atoms with Crippen LogP contribution in [0.3, 0.4) is 0 Å². The van der Waals surface area contributed by atoms with Crippen molar-refractivity contribution >= 4 is 0 Å². The van der Waals surface area contributed by atoms with Gasteiger partial charge in [-0.25, -0.2) is 0 Å². The van der Waals surface area contributed by atoms with E-state index in [-0.39, 0.29) is 6.29 Å². The topological polar surface area (TPSA) is 27.7 Å². The van der Waals surface area contributed by atoms with E-state index in [2.05, 4.69) is 72.8 Å². The maximum absolute atomic E-state index is 6.63.